The summed E-state index contributed by atoms with van der Waals surface area (Å²) in [7, 11) is 0. The quantitative estimate of drug-likeness (QED) is 0.745. The highest BCUT2D eigenvalue weighted by Crippen LogP contribution is 2.28. The fourth-order valence-electron chi connectivity index (χ4n) is 1.79. The smallest absolute Gasteiger partial charge is 0.162 e. The Kier molecular flexibility index (Phi) is 4.59. The topological polar surface area (TPSA) is 17.1 Å². The molecule has 1 aromatic rings. The highest BCUT2D eigenvalue weighted by molar-refractivity contribution is 5.75. The lowest BCUT2D eigenvalue weighted by Gasteiger charge is -2.15. The minimum absolute atomic E-state index is 0.0789. The molecule has 0 spiro atoms. The molecule has 0 aliphatic heterocycles. The van der Waals surface area contributed by atoms with Crippen LogP contribution in [-0.2, 0) is 4.79 Å². The van der Waals surface area contributed by atoms with E-state index < -0.39 is 11.6 Å². The van der Waals surface area contributed by atoms with Gasteiger partial charge in [-0.25, -0.2) is 8.78 Å². The number of carbonyl (C=O) groups excluding carboxylic acids is 1. The summed E-state index contributed by atoms with van der Waals surface area (Å²) in [6.07, 6.45) is 1.69. The molecule has 0 saturated heterocycles. The molecule has 88 valence electrons. The van der Waals surface area contributed by atoms with Gasteiger partial charge in [-0.15, -0.1) is 0 Å². The van der Waals surface area contributed by atoms with Crippen LogP contribution in [-0.4, -0.2) is 5.78 Å². The van der Waals surface area contributed by atoms with E-state index in [-0.39, 0.29) is 11.7 Å². The third kappa shape index (κ3) is 3.12. The Morgan fingerprint density at radius 1 is 1.38 bits per heavy atom. The molecule has 1 atom stereocenters. The molecule has 1 aromatic carbocycles. The van der Waals surface area contributed by atoms with Crippen LogP contribution in [0.1, 0.15) is 44.6 Å². The van der Waals surface area contributed by atoms with Crippen molar-refractivity contribution in [2.45, 2.75) is 39.0 Å². The molecular weight excluding hydrogens is 210 g/mol. The zero-order chi connectivity index (χ0) is 12.1. The van der Waals surface area contributed by atoms with E-state index in [0.29, 0.717) is 24.8 Å². The van der Waals surface area contributed by atoms with Gasteiger partial charge >= 0.3 is 0 Å². The van der Waals surface area contributed by atoms with Crippen LogP contribution < -0.4 is 0 Å². The highest BCUT2D eigenvalue weighted by atomic mass is 19.2. The van der Waals surface area contributed by atoms with Crippen LogP contribution in [0, 0.1) is 11.6 Å². The third-order valence-electron chi connectivity index (χ3n) is 2.76. The number of Topliss-reactive ketones (excluding diaryl/α,β-unsaturated/α-hetero) is 1. The first kappa shape index (κ1) is 12.8. The van der Waals surface area contributed by atoms with Crippen LogP contribution in [0.4, 0.5) is 8.78 Å². The lowest BCUT2D eigenvalue weighted by atomic mass is 9.91. The van der Waals surface area contributed by atoms with E-state index in [1.54, 1.807) is 6.07 Å². The van der Waals surface area contributed by atoms with E-state index in [1.807, 2.05) is 6.92 Å². The number of rotatable bonds is 5. The molecule has 0 amide bonds. The number of halogens is 2. The third-order valence-corrected chi connectivity index (χ3v) is 2.76. The van der Waals surface area contributed by atoms with E-state index in [9.17, 15) is 13.6 Å². The van der Waals surface area contributed by atoms with Gasteiger partial charge in [-0.3, -0.25) is 0 Å². The Balaban J connectivity index is 2.86. The van der Waals surface area contributed by atoms with Crippen LogP contribution in [0.25, 0.3) is 0 Å². The summed E-state index contributed by atoms with van der Waals surface area (Å²) < 4.78 is 26.5. The highest BCUT2D eigenvalue weighted by Gasteiger charge is 2.16. The second-order valence-corrected chi connectivity index (χ2v) is 3.99. The van der Waals surface area contributed by atoms with Gasteiger partial charge in [0.05, 0.1) is 0 Å². The Labute approximate surface area is 94.5 Å². The molecule has 0 aromatic heterocycles. The maximum absolute atomic E-state index is 13.5. The fourth-order valence-corrected chi connectivity index (χ4v) is 1.79. The van der Waals surface area contributed by atoms with E-state index >= 15 is 0 Å². The van der Waals surface area contributed by atoms with Crippen molar-refractivity contribution in [2.75, 3.05) is 0 Å². The molecule has 16 heavy (non-hydrogen) atoms. The van der Waals surface area contributed by atoms with E-state index in [2.05, 4.69) is 0 Å². The molecule has 0 saturated carbocycles. The van der Waals surface area contributed by atoms with E-state index in [0.717, 1.165) is 6.07 Å². The maximum atomic E-state index is 13.5. The first-order chi connectivity index (χ1) is 7.56. The molecule has 3 heteroatoms. The molecule has 0 fully saturated rings. The summed E-state index contributed by atoms with van der Waals surface area (Å²) in [5.41, 5.74) is 0.378. The Bertz CT molecular complexity index is 374. The van der Waals surface area contributed by atoms with Crippen molar-refractivity contribution in [3.05, 3.63) is 35.4 Å². The Morgan fingerprint density at radius 2 is 2.06 bits per heavy atom. The van der Waals surface area contributed by atoms with Gasteiger partial charge in [-0.05, 0) is 37.3 Å². The zero-order valence-corrected chi connectivity index (χ0v) is 9.59. The summed E-state index contributed by atoms with van der Waals surface area (Å²) in [5, 5.41) is 0. The molecular formula is C13H16F2O. The number of ketones is 1. The van der Waals surface area contributed by atoms with Gasteiger partial charge in [0.15, 0.2) is 11.6 Å². The zero-order valence-electron chi connectivity index (χ0n) is 9.59. The van der Waals surface area contributed by atoms with Gasteiger partial charge in [0.2, 0.25) is 0 Å². The van der Waals surface area contributed by atoms with Gasteiger partial charge in [0, 0.05) is 6.42 Å². The van der Waals surface area contributed by atoms with Gasteiger partial charge in [0.1, 0.15) is 5.78 Å². The summed E-state index contributed by atoms with van der Waals surface area (Å²) in [6, 6.07) is 4.20. The lowest BCUT2D eigenvalue weighted by molar-refractivity contribution is -0.117. The molecule has 0 N–H and O–H groups in total. The fraction of sp³-hybridized carbons (Fsp3) is 0.462. The van der Waals surface area contributed by atoms with Crippen molar-refractivity contribution in [2.24, 2.45) is 0 Å². The average molecular weight is 226 g/mol. The predicted octanol–water partition coefficient (Wildman–Crippen LogP) is 3.83. The maximum Gasteiger partial charge on any atom is 0.162 e. The number of hydrogen-bond acceptors (Lipinski definition) is 1. The largest absolute Gasteiger partial charge is 0.300 e. The number of hydrogen-bond donors (Lipinski definition) is 0. The van der Waals surface area contributed by atoms with Gasteiger partial charge in [0.25, 0.3) is 0 Å². The molecule has 0 aliphatic rings. The molecule has 0 bridgehead atoms. The van der Waals surface area contributed by atoms with E-state index in [4.69, 9.17) is 0 Å². The lowest BCUT2D eigenvalue weighted by Crippen LogP contribution is -2.04. The van der Waals surface area contributed by atoms with Crippen molar-refractivity contribution < 1.29 is 13.6 Å². The van der Waals surface area contributed by atoms with Crippen molar-refractivity contribution in [1.82, 2.24) is 0 Å². The van der Waals surface area contributed by atoms with Crippen molar-refractivity contribution in [3.8, 4) is 0 Å². The monoisotopic (exact) mass is 226 g/mol. The second-order valence-electron chi connectivity index (χ2n) is 3.99. The van der Waals surface area contributed by atoms with Crippen LogP contribution >= 0.6 is 0 Å². The Morgan fingerprint density at radius 3 is 2.62 bits per heavy atom. The van der Waals surface area contributed by atoms with Crippen LogP contribution in [0.3, 0.4) is 0 Å². The average Bonchev–Trinajstić information content (AvgIpc) is 2.24. The van der Waals surface area contributed by atoms with Crippen LogP contribution in [0.15, 0.2) is 18.2 Å². The van der Waals surface area contributed by atoms with Crippen molar-refractivity contribution in [1.29, 1.82) is 0 Å². The first-order valence-electron chi connectivity index (χ1n) is 5.49. The summed E-state index contributed by atoms with van der Waals surface area (Å²) in [5.74, 6) is -1.61. The molecule has 1 unspecified atom stereocenters. The van der Waals surface area contributed by atoms with Gasteiger partial charge in [-0.2, -0.15) is 0 Å². The standard InChI is InChI=1S/C13H16F2O/c1-3-10(8-7-9(2)16)11-5-4-6-12(14)13(11)15/h4-6,10H,3,7-8H2,1-2H3. The summed E-state index contributed by atoms with van der Waals surface area (Å²) in [6.45, 7) is 3.42. The van der Waals surface area contributed by atoms with Crippen LogP contribution in [0.2, 0.25) is 0 Å². The molecule has 0 aliphatic carbocycles. The molecule has 1 nitrogen and oxygen atoms in total. The summed E-state index contributed by atoms with van der Waals surface area (Å²) in [4.78, 5) is 10.9. The van der Waals surface area contributed by atoms with E-state index in [1.165, 1.54) is 13.0 Å². The minimum atomic E-state index is -0.821. The SMILES string of the molecule is CCC(CCC(C)=O)c1cccc(F)c1F. The van der Waals surface area contributed by atoms with Gasteiger partial charge < -0.3 is 4.79 Å². The number of carbonyl (C=O) groups is 1. The Hall–Kier alpha value is -1.25. The van der Waals surface area contributed by atoms with Crippen LogP contribution in [0.5, 0.6) is 0 Å². The minimum Gasteiger partial charge on any atom is -0.300 e. The van der Waals surface area contributed by atoms with Gasteiger partial charge in [-0.1, -0.05) is 19.1 Å². The molecule has 1 rings (SSSR count). The number of benzene rings is 1. The second kappa shape index (κ2) is 5.73. The normalized spacial score (nSPS) is 12.5. The van der Waals surface area contributed by atoms with Crippen molar-refractivity contribution in [3.63, 3.8) is 0 Å². The first-order valence-corrected chi connectivity index (χ1v) is 5.49. The predicted molar refractivity (Wildman–Crippen MR) is 59.3 cm³/mol. The summed E-state index contributed by atoms with van der Waals surface area (Å²) >= 11 is 0. The molecule has 0 heterocycles. The van der Waals surface area contributed by atoms with Crippen molar-refractivity contribution >= 4 is 5.78 Å². The molecule has 0 radical (unpaired) electrons.